The van der Waals surface area contributed by atoms with Gasteiger partial charge in [0.1, 0.15) is 0 Å². The van der Waals surface area contributed by atoms with Crippen LogP contribution in [0.15, 0.2) is 64.6 Å². The van der Waals surface area contributed by atoms with Crippen molar-refractivity contribution < 1.29 is 4.42 Å². The van der Waals surface area contributed by atoms with Crippen molar-refractivity contribution in [2.24, 2.45) is 5.10 Å². The summed E-state index contributed by atoms with van der Waals surface area (Å²) in [6, 6.07) is 15.1. The second kappa shape index (κ2) is 9.61. The third-order valence-electron chi connectivity index (χ3n) is 5.52. The number of hydrogen-bond acceptors (Lipinski definition) is 6. The van der Waals surface area contributed by atoms with Crippen molar-refractivity contribution in [1.29, 1.82) is 0 Å². The number of rotatable bonds is 6. The zero-order valence-corrected chi connectivity index (χ0v) is 19.4. The molecule has 156 valence electrons. The summed E-state index contributed by atoms with van der Waals surface area (Å²) >= 11 is 2.43. The number of nitrogens with one attached hydrogen (secondary N) is 1. The molecule has 1 saturated heterocycles. The summed E-state index contributed by atoms with van der Waals surface area (Å²) in [5.74, 6) is 0.755. The van der Waals surface area contributed by atoms with Crippen LogP contribution in [0.3, 0.4) is 0 Å². The van der Waals surface area contributed by atoms with Crippen LogP contribution in [0.4, 0.5) is 11.4 Å². The molecule has 0 atom stereocenters. The number of piperidine rings is 1. The first kappa shape index (κ1) is 20.9. The number of halogens is 1. The van der Waals surface area contributed by atoms with Crippen LogP contribution in [0, 0.1) is 3.57 Å². The van der Waals surface area contributed by atoms with Crippen molar-refractivity contribution >= 4 is 40.2 Å². The van der Waals surface area contributed by atoms with E-state index in [9.17, 15) is 0 Å². The second-order valence-electron chi connectivity index (χ2n) is 7.71. The van der Waals surface area contributed by atoms with Gasteiger partial charge in [-0.2, -0.15) is 5.10 Å². The van der Waals surface area contributed by atoms with Crippen LogP contribution in [-0.4, -0.2) is 49.3 Å². The van der Waals surface area contributed by atoms with E-state index >= 15 is 0 Å². The molecule has 2 heterocycles. The van der Waals surface area contributed by atoms with E-state index in [0.717, 1.165) is 35.7 Å². The Morgan fingerprint density at radius 1 is 1.17 bits per heavy atom. The molecule has 6 nitrogen and oxygen atoms in total. The SMILES string of the molecule is CN(C)C1CCN(c2ccc(/C=N/Nc3ccc(-c4cnco4)cc3)cc2I)CC1. The number of oxazole rings is 1. The molecule has 0 bridgehead atoms. The van der Waals surface area contributed by atoms with Crippen molar-refractivity contribution in [1.82, 2.24) is 9.88 Å². The standard InChI is InChI=1S/C23H26IN5O/c1-28(2)20-9-11-29(12-10-20)22-8-3-17(13-21(22)24)14-26-27-19-6-4-18(5-7-19)23-15-25-16-30-23/h3-8,13-16,20,27H,9-12H2,1-2H3/b26-14+. The van der Waals surface area contributed by atoms with Gasteiger partial charge in [-0.05, 0) is 91.5 Å². The molecule has 4 rings (SSSR count). The topological polar surface area (TPSA) is 56.9 Å². The second-order valence-corrected chi connectivity index (χ2v) is 8.87. The molecule has 1 aliphatic heterocycles. The fourth-order valence-corrected chi connectivity index (χ4v) is 4.61. The zero-order chi connectivity index (χ0) is 20.9. The molecule has 0 saturated carbocycles. The van der Waals surface area contributed by atoms with Gasteiger partial charge >= 0.3 is 0 Å². The Hall–Kier alpha value is -2.39. The van der Waals surface area contributed by atoms with E-state index < -0.39 is 0 Å². The van der Waals surface area contributed by atoms with Crippen LogP contribution in [0.1, 0.15) is 18.4 Å². The molecule has 1 N–H and O–H groups in total. The van der Waals surface area contributed by atoms with Gasteiger partial charge in [0.05, 0.1) is 23.8 Å². The number of nitrogens with zero attached hydrogens (tertiary/aromatic N) is 4. The van der Waals surface area contributed by atoms with Crippen LogP contribution < -0.4 is 10.3 Å². The largest absolute Gasteiger partial charge is 0.444 e. The van der Waals surface area contributed by atoms with E-state index in [1.807, 2.05) is 30.5 Å². The monoisotopic (exact) mass is 515 g/mol. The van der Waals surface area contributed by atoms with E-state index in [1.54, 1.807) is 6.20 Å². The molecular formula is C23H26IN5O. The minimum atomic E-state index is 0.696. The molecule has 2 aromatic carbocycles. The van der Waals surface area contributed by atoms with Crippen molar-refractivity contribution in [2.75, 3.05) is 37.5 Å². The number of benzene rings is 2. The maximum atomic E-state index is 5.31. The highest BCUT2D eigenvalue weighted by Crippen LogP contribution is 2.27. The molecule has 1 aliphatic rings. The Bertz CT molecular complexity index is 977. The highest BCUT2D eigenvalue weighted by molar-refractivity contribution is 14.1. The normalized spacial score (nSPS) is 15.3. The maximum Gasteiger partial charge on any atom is 0.181 e. The minimum Gasteiger partial charge on any atom is -0.444 e. The molecular weight excluding hydrogens is 489 g/mol. The Morgan fingerprint density at radius 2 is 1.93 bits per heavy atom. The molecule has 1 fully saturated rings. The van der Waals surface area contributed by atoms with E-state index in [0.29, 0.717) is 6.04 Å². The van der Waals surface area contributed by atoms with Gasteiger partial charge in [0, 0.05) is 28.3 Å². The van der Waals surface area contributed by atoms with E-state index in [4.69, 9.17) is 4.42 Å². The van der Waals surface area contributed by atoms with Crippen LogP contribution in [0.25, 0.3) is 11.3 Å². The molecule has 3 aromatic rings. The number of hydrazone groups is 1. The van der Waals surface area contributed by atoms with Crippen LogP contribution in [0.2, 0.25) is 0 Å². The Labute approximate surface area is 191 Å². The summed E-state index contributed by atoms with van der Waals surface area (Å²) in [4.78, 5) is 8.79. The lowest BCUT2D eigenvalue weighted by Crippen LogP contribution is -2.42. The van der Waals surface area contributed by atoms with Gasteiger partial charge in [-0.25, -0.2) is 4.98 Å². The van der Waals surface area contributed by atoms with E-state index in [-0.39, 0.29) is 0 Å². The molecule has 0 radical (unpaired) electrons. The zero-order valence-electron chi connectivity index (χ0n) is 17.3. The van der Waals surface area contributed by atoms with Crippen molar-refractivity contribution in [3.63, 3.8) is 0 Å². The van der Waals surface area contributed by atoms with Crippen LogP contribution in [0.5, 0.6) is 0 Å². The molecule has 0 unspecified atom stereocenters. The Balaban J connectivity index is 1.35. The molecule has 0 aliphatic carbocycles. The average molecular weight is 515 g/mol. The van der Waals surface area contributed by atoms with Gasteiger partial charge in [-0.1, -0.05) is 6.07 Å². The Kier molecular flexibility index (Phi) is 6.69. The first-order chi connectivity index (χ1) is 14.6. The maximum absolute atomic E-state index is 5.31. The van der Waals surface area contributed by atoms with Crippen LogP contribution >= 0.6 is 22.6 Å². The quantitative estimate of drug-likeness (QED) is 0.287. The highest BCUT2D eigenvalue weighted by Gasteiger charge is 2.21. The van der Waals surface area contributed by atoms with Gasteiger partial charge in [0.2, 0.25) is 0 Å². The number of anilines is 2. The molecule has 0 spiro atoms. The van der Waals surface area contributed by atoms with E-state index in [2.05, 4.69) is 80.2 Å². The number of hydrogen-bond donors (Lipinski definition) is 1. The fourth-order valence-electron chi connectivity index (χ4n) is 3.73. The van der Waals surface area contributed by atoms with Gasteiger partial charge in [0.25, 0.3) is 0 Å². The molecule has 7 heteroatoms. The summed E-state index contributed by atoms with van der Waals surface area (Å²) in [6.45, 7) is 2.22. The Morgan fingerprint density at radius 3 is 2.57 bits per heavy atom. The van der Waals surface area contributed by atoms with Gasteiger partial charge < -0.3 is 14.2 Å². The van der Waals surface area contributed by atoms with Gasteiger partial charge in [-0.3, -0.25) is 5.43 Å². The highest BCUT2D eigenvalue weighted by atomic mass is 127. The third-order valence-corrected chi connectivity index (χ3v) is 6.38. The summed E-state index contributed by atoms with van der Waals surface area (Å²) in [5, 5.41) is 4.38. The lowest BCUT2D eigenvalue weighted by Gasteiger charge is -2.37. The predicted molar refractivity (Wildman–Crippen MR) is 131 cm³/mol. The average Bonchev–Trinajstić information content (AvgIpc) is 3.29. The lowest BCUT2D eigenvalue weighted by atomic mass is 10.0. The molecule has 0 amide bonds. The van der Waals surface area contributed by atoms with Crippen LogP contribution in [-0.2, 0) is 0 Å². The van der Waals surface area contributed by atoms with Gasteiger partial charge in [-0.15, -0.1) is 0 Å². The predicted octanol–water partition coefficient (Wildman–Crippen LogP) is 4.92. The summed E-state index contributed by atoms with van der Waals surface area (Å²) in [7, 11) is 4.36. The van der Waals surface area contributed by atoms with E-state index in [1.165, 1.54) is 28.5 Å². The molecule has 30 heavy (non-hydrogen) atoms. The first-order valence-electron chi connectivity index (χ1n) is 10.1. The summed E-state index contributed by atoms with van der Waals surface area (Å²) in [6.07, 6.45) is 7.42. The smallest absolute Gasteiger partial charge is 0.181 e. The van der Waals surface area contributed by atoms with Crippen molar-refractivity contribution in [3.05, 3.63) is 64.2 Å². The first-order valence-corrected chi connectivity index (χ1v) is 11.2. The number of aromatic nitrogens is 1. The summed E-state index contributed by atoms with van der Waals surface area (Å²) < 4.78 is 6.57. The summed E-state index contributed by atoms with van der Waals surface area (Å²) in [5.41, 5.74) is 7.39. The van der Waals surface area contributed by atoms with Gasteiger partial charge in [0.15, 0.2) is 12.2 Å². The fraction of sp³-hybridized carbons (Fsp3) is 0.304. The minimum absolute atomic E-state index is 0.696. The lowest BCUT2D eigenvalue weighted by molar-refractivity contribution is 0.249. The molecule has 1 aromatic heterocycles. The van der Waals surface area contributed by atoms with Crippen molar-refractivity contribution in [3.8, 4) is 11.3 Å². The third kappa shape index (κ3) is 5.02. The van der Waals surface area contributed by atoms with Crippen molar-refractivity contribution in [2.45, 2.75) is 18.9 Å².